The lowest BCUT2D eigenvalue weighted by atomic mass is 10.3. The summed E-state index contributed by atoms with van der Waals surface area (Å²) in [6, 6.07) is 6.68. The average molecular weight is 265 g/mol. The molecule has 2 rings (SSSR count). The van der Waals surface area contributed by atoms with E-state index in [9.17, 15) is 10.1 Å². The van der Waals surface area contributed by atoms with Crippen molar-refractivity contribution >= 4 is 28.9 Å². The van der Waals surface area contributed by atoms with Crippen molar-refractivity contribution in [1.82, 2.24) is 9.97 Å². The summed E-state index contributed by atoms with van der Waals surface area (Å²) in [4.78, 5) is 19.8. The number of nitrogens with zero attached hydrogens (tertiary/aromatic N) is 4. The molecule has 0 aromatic carbocycles. The van der Waals surface area contributed by atoms with Gasteiger partial charge in [0.25, 0.3) is 5.69 Å². The van der Waals surface area contributed by atoms with E-state index in [-0.39, 0.29) is 10.7 Å². The van der Waals surface area contributed by atoms with Gasteiger partial charge in [-0.15, -0.1) is 0 Å². The second-order valence-electron chi connectivity index (χ2n) is 3.50. The van der Waals surface area contributed by atoms with Gasteiger partial charge in [-0.3, -0.25) is 10.1 Å². The highest BCUT2D eigenvalue weighted by molar-refractivity contribution is 6.33. The minimum absolute atomic E-state index is 0.141. The third-order valence-electron chi connectivity index (χ3n) is 2.33. The number of halogens is 1. The number of hydrogen-bond donors (Lipinski definition) is 0. The molecule has 0 fully saturated rings. The van der Waals surface area contributed by atoms with Crippen LogP contribution in [0.3, 0.4) is 0 Å². The fourth-order valence-electron chi connectivity index (χ4n) is 1.43. The number of pyridine rings is 2. The van der Waals surface area contributed by atoms with Crippen LogP contribution >= 0.6 is 11.6 Å². The van der Waals surface area contributed by atoms with E-state index in [1.54, 1.807) is 30.3 Å². The van der Waals surface area contributed by atoms with E-state index in [0.29, 0.717) is 11.6 Å². The third kappa shape index (κ3) is 2.38. The van der Waals surface area contributed by atoms with Gasteiger partial charge in [-0.25, -0.2) is 9.97 Å². The molecule has 0 spiro atoms. The largest absolute Gasteiger partial charge is 0.313 e. The molecule has 0 bridgehead atoms. The molecule has 0 saturated carbocycles. The number of anilines is 2. The van der Waals surface area contributed by atoms with Gasteiger partial charge in [-0.2, -0.15) is 0 Å². The zero-order valence-electron chi connectivity index (χ0n) is 9.45. The maximum Gasteiger partial charge on any atom is 0.289 e. The summed E-state index contributed by atoms with van der Waals surface area (Å²) in [6.45, 7) is 0. The Hall–Kier alpha value is -2.21. The van der Waals surface area contributed by atoms with Crippen LogP contribution in [0, 0.1) is 10.1 Å². The Morgan fingerprint density at radius 1 is 1.39 bits per heavy atom. The van der Waals surface area contributed by atoms with Crippen LogP contribution in [0.25, 0.3) is 0 Å². The monoisotopic (exact) mass is 264 g/mol. The molecule has 2 aromatic heterocycles. The molecule has 0 unspecified atom stereocenters. The SMILES string of the molecule is CN(c1ccccn1)c1ncc([N+](=O)[O-])cc1Cl. The van der Waals surface area contributed by atoms with Crippen LogP contribution in [0.4, 0.5) is 17.3 Å². The first-order valence-corrected chi connectivity index (χ1v) is 5.42. The predicted octanol–water partition coefficient (Wildman–Crippen LogP) is 2.81. The van der Waals surface area contributed by atoms with Crippen molar-refractivity contribution in [3.8, 4) is 0 Å². The quantitative estimate of drug-likeness (QED) is 0.630. The molecule has 92 valence electrons. The van der Waals surface area contributed by atoms with Gasteiger partial charge in [-0.05, 0) is 12.1 Å². The van der Waals surface area contributed by atoms with Crippen molar-refractivity contribution in [1.29, 1.82) is 0 Å². The summed E-state index contributed by atoms with van der Waals surface area (Å²) in [5.41, 5.74) is -0.141. The van der Waals surface area contributed by atoms with E-state index < -0.39 is 4.92 Å². The van der Waals surface area contributed by atoms with E-state index in [1.807, 2.05) is 6.07 Å². The Bertz CT molecular complexity index is 577. The highest BCUT2D eigenvalue weighted by atomic mass is 35.5. The zero-order valence-corrected chi connectivity index (χ0v) is 10.2. The number of aromatic nitrogens is 2. The number of hydrogen-bond acceptors (Lipinski definition) is 5. The topological polar surface area (TPSA) is 72.2 Å². The Morgan fingerprint density at radius 3 is 2.72 bits per heavy atom. The first-order valence-electron chi connectivity index (χ1n) is 5.04. The van der Waals surface area contributed by atoms with E-state index in [0.717, 1.165) is 0 Å². The Morgan fingerprint density at radius 2 is 2.17 bits per heavy atom. The fourth-order valence-corrected chi connectivity index (χ4v) is 1.72. The molecule has 18 heavy (non-hydrogen) atoms. The van der Waals surface area contributed by atoms with Gasteiger partial charge < -0.3 is 4.90 Å². The van der Waals surface area contributed by atoms with Crippen molar-refractivity contribution in [3.05, 3.63) is 51.8 Å². The lowest BCUT2D eigenvalue weighted by Gasteiger charge is -2.17. The first kappa shape index (κ1) is 12.3. The predicted molar refractivity (Wildman–Crippen MR) is 68.2 cm³/mol. The van der Waals surface area contributed by atoms with Gasteiger partial charge in [0.2, 0.25) is 0 Å². The van der Waals surface area contributed by atoms with Crippen molar-refractivity contribution in [2.45, 2.75) is 0 Å². The van der Waals surface area contributed by atoms with Gasteiger partial charge in [0.15, 0.2) is 5.82 Å². The number of rotatable bonds is 3. The van der Waals surface area contributed by atoms with Crippen molar-refractivity contribution in [2.75, 3.05) is 11.9 Å². The van der Waals surface area contributed by atoms with Crippen LogP contribution in [-0.4, -0.2) is 21.9 Å². The van der Waals surface area contributed by atoms with E-state index in [2.05, 4.69) is 9.97 Å². The average Bonchev–Trinajstić information content (AvgIpc) is 2.38. The summed E-state index contributed by atoms with van der Waals surface area (Å²) >= 11 is 5.98. The van der Waals surface area contributed by atoms with Crippen LogP contribution < -0.4 is 4.90 Å². The minimum atomic E-state index is -0.538. The molecular formula is C11H9ClN4O2. The molecule has 0 atom stereocenters. The van der Waals surface area contributed by atoms with Crippen molar-refractivity contribution in [2.24, 2.45) is 0 Å². The van der Waals surface area contributed by atoms with Gasteiger partial charge in [-0.1, -0.05) is 17.7 Å². The fraction of sp³-hybridized carbons (Fsp3) is 0.0909. The van der Waals surface area contributed by atoms with Gasteiger partial charge in [0.05, 0.1) is 9.95 Å². The summed E-state index contributed by atoms with van der Waals surface area (Å²) in [7, 11) is 1.74. The molecule has 0 amide bonds. The first-order chi connectivity index (χ1) is 8.59. The maximum atomic E-state index is 10.6. The lowest BCUT2D eigenvalue weighted by Crippen LogP contribution is -2.13. The van der Waals surface area contributed by atoms with Crippen molar-refractivity contribution in [3.63, 3.8) is 0 Å². The molecular weight excluding hydrogens is 256 g/mol. The zero-order chi connectivity index (χ0) is 13.1. The minimum Gasteiger partial charge on any atom is -0.313 e. The van der Waals surface area contributed by atoms with E-state index in [4.69, 9.17) is 11.6 Å². The lowest BCUT2D eigenvalue weighted by molar-refractivity contribution is -0.385. The van der Waals surface area contributed by atoms with E-state index in [1.165, 1.54) is 12.3 Å². The molecule has 2 aromatic rings. The van der Waals surface area contributed by atoms with Gasteiger partial charge >= 0.3 is 0 Å². The maximum absolute atomic E-state index is 10.6. The van der Waals surface area contributed by atoms with Crippen LogP contribution in [-0.2, 0) is 0 Å². The van der Waals surface area contributed by atoms with E-state index >= 15 is 0 Å². The summed E-state index contributed by atoms with van der Waals surface area (Å²) in [6.07, 6.45) is 2.81. The summed E-state index contributed by atoms with van der Waals surface area (Å²) in [5, 5.41) is 10.8. The third-order valence-corrected chi connectivity index (χ3v) is 2.61. The highest BCUT2D eigenvalue weighted by Gasteiger charge is 2.15. The summed E-state index contributed by atoms with van der Waals surface area (Å²) in [5.74, 6) is 1.07. The Kier molecular flexibility index (Phi) is 3.38. The molecule has 2 heterocycles. The molecule has 0 radical (unpaired) electrons. The normalized spacial score (nSPS) is 10.1. The molecule has 0 saturated heterocycles. The second-order valence-corrected chi connectivity index (χ2v) is 3.91. The highest BCUT2D eigenvalue weighted by Crippen LogP contribution is 2.29. The van der Waals surface area contributed by atoms with Crippen LogP contribution in [0.2, 0.25) is 5.02 Å². The van der Waals surface area contributed by atoms with Crippen LogP contribution in [0.5, 0.6) is 0 Å². The van der Waals surface area contributed by atoms with Crippen molar-refractivity contribution < 1.29 is 4.92 Å². The number of nitro groups is 1. The van der Waals surface area contributed by atoms with Gasteiger partial charge in [0, 0.05) is 19.3 Å². The molecule has 0 aliphatic rings. The molecule has 6 nitrogen and oxygen atoms in total. The summed E-state index contributed by atoms with van der Waals surface area (Å²) < 4.78 is 0. The van der Waals surface area contributed by atoms with Crippen LogP contribution in [0.15, 0.2) is 36.7 Å². The van der Waals surface area contributed by atoms with Crippen LogP contribution in [0.1, 0.15) is 0 Å². The molecule has 0 aliphatic heterocycles. The smallest absolute Gasteiger partial charge is 0.289 e. The Balaban J connectivity index is 2.37. The molecule has 7 heteroatoms. The standard InChI is InChI=1S/C11H9ClN4O2/c1-15(10-4-2-3-5-13-10)11-9(12)6-8(7-14-11)16(17)18/h2-7H,1H3. The molecule has 0 aliphatic carbocycles. The molecule has 0 N–H and O–H groups in total. The second kappa shape index (κ2) is 4.97. The van der Waals surface area contributed by atoms with Gasteiger partial charge in [0.1, 0.15) is 12.0 Å². The Labute approximate surface area is 108 Å².